The van der Waals surface area contributed by atoms with Gasteiger partial charge in [0.05, 0.1) is 18.6 Å². The minimum Gasteiger partial charge on any atom is -0.497 e. The van der Waals surface area contributed by atoms with Crippen molar-refractivity contribution in [3.05, 3.63) is 66.4 Å². The molecule has 0 atom stereocenters. The molecule has 132 valence electrons. The first-order valence-electron chi connectivity index (χ1n) is 7.83. The lowest BCUT2D eigenvalue weighted by atomic mass is 10.2. The van der Waals surface area contributed by atoms with Crippen molar-refractivity contribution >= 4 is 15.8 Å². The maximum atomic E-state index is 12.7. The third-order valence-electron chi connectivity index (χ3n) is 3.98. The maximum Gasteiger partial charge on any atom is 0.323 e. The van der Waals surface area contributed by atoms with Crippen molar-refractivity contribution in [3.8, 4) is 17.5 Å². The third-order valence-corrected chi connectivity index (χ3v) is 5.83. The van der Waals surface area contributed by atoms with E-state index in [4.69, 9.17) is 9.47 Å². The summed E-state index contributed by atoms with van der Waals surface area (Å²) in [5.74, 6) is 1.39. The van der Waals surface area contributed by atoms with Gasteiger partial charge in [-0.15, -0.1) is 0 Å². The van der Waals surface area contributed by atoms with Gasteiger partial charge in [-0.1, -0.05) is 24.3 Å². The molecule has 8 heteroatoms. The number of hydrogen-bond acceptors (Lipinski definition) is 6. The van der Waals surface area contributed by atoms with Crippen LogP contribution < -0.4 is 13.8 Å². The highest BCUT2D eigenvalue weighted by atomic mass is 32.2. The Kier molecular flexibility index (Phi) is 3.96. The van der Waals surface area contributed by atoms with E-state index in [0.29, 0.717) is 16.4 Å². The number of hydrogen-bond donors (Lipinski definition) is 0. The number of aromatic nitrogens is 2. The molecule has 3 aromatic rings. The zero-order chi connectivity index (χ0) is 18.1. The average molecular weight is 369 g/mol. The van der Waals surface area contributed by atoms with Gasteiger partial charge in [0.15, 0.2) is 0 Å². The number of fused-ring (bicyclic) bond motifs is 1. The Bertz CT molecular complexity index is 1070. The van der Waals surface area contributed by atoms with Crippen LogP contribution in [-0.4, -0.2) is 25.5 Å². The zero-order valence-electron chi connectivity index (χ0n) is 13.9. The molecular formula is C18H15N3O4S. The van der Waals surface area contributed by atoms with Gasteiger partial charge in [0.1, 0.15) is 17.3 Å². The fraction of sp³-hybridized carbons (Fsp3) is 0.111. The molecule has 1 aliphatic rings. The van der Waals surface area contributed by atoms with Crippen LogP contribution in [0, 0.1) is 0 Å². The van der Waals surface area contributed by atoms with Gasteiger partial charge in [-0.2, -0.15) is 4.98 Å². The number of benzene rings is 2. The van der Waals surface area contributed by atoms with Crippen molar-refractivity contribution in [1.29, 1.82) is 0 Å². The molecule has 0 saturated heterocycles. The van der Waals surface area contributed by atoms with E-state index < -0.39 is 10.0 Å². The third kappa shape index (κ3) is 2.84. The molecule has 0 radical (unpaired) electrons. The van der Waals surface area contributed by atoms with Crippen molar-refractivity contribution in [2.24, 2.45) is 0 Å². The highest BCUT2D eigenvalue weighted by Gasteiger charge is 2.35. The summed E-state index contributed by atoms with van der Waals surface area (Å²) >= 11 is 0. The number of sulfonamides is 1. The van der Waals surface area contributed by atoms with Crippen molar-refractivity contribution < 1.29 is 17.9 Å². The molecule has 0 aliphatic carbocycles. The average Bonchev–Trinajstić information content (AvgIpc) is 2.93. The number of rotatable bonds is 4. The van der Waals surface area contributed by atoms with Crippen molar-refractivity contribution in [2.75, 3.05) is 11.4 Å². The Morgan fingerprint density at radius 3 is 2.65 bits per heavy atom. The lowest BCUT2D eigenvalue weighted by Gasteiger charge is -2.16. The van der Waals surface area contributed by atoms with Crippen molar-refractivity contribution in [3.63, 3.8) is 0 Å². The van der Waals surface area contributed by atoms with E-state index in [9.17, 15) is 8.42 Å². The number of anilines is 1. The van der Waals surface area contributed by atoms with Gasteiger partial charge in [0, 0.05) is 18.3 Å². The summed E-state index contributed by atoms with van der Waals surface area (Å²) in [6.45, 7) is 0.230. The molecule has 0 fully saturated rings. The molecule has 0 saturated carbocycles. The van der Waals surface area contributed by atoms with E-state index >= 15 is 0 Å². The molecule has 7 nitrogen and oxygen atoms in total. The minimum absolute atomic E-state index is 0.0573. The Labute approximate surface area is 150 Å². The number of methoxy groups -OCH3 is 1. The molecule has 1 aromatic heterocycles. The molecule has 0 unspecified atom stereocenters. The quantitative estimate of drug-likeness (QED) is 0.703. The standard InChI is InChI=1S/C18H15N3O4S/c1-24-14-6-4-7-15(11-14)25-18-19-10-9-17(20-18)21-12-13-5-2-3-8-16(13)26(21,22)23/h2-11H,12H2,1H3. The smallest absolute Gasteiger partial charge is 0.323 e. The normalized spacial score (nSPS) is 14.7. The fourth-order valence-electron chi connectivity index (χ4n) is 2.74. The lowest BCUT2D eigenvalue weighted by Crippen LogP contribution is -2.24. The Morgan fingerprint density at radius 1 is 1.04 bits per heavy atom. The van der Waals surface area contributed by atoms with Crippen molar-refractivity contribution in [1.82, 2.24) is 9.97 Å². The van der Waals surface area contributed by atoms with Crippen LogP contribution in [0.1, 0.15) is 5.56 Å². The first-order chi connectivity index (χ1) is 12.6. The minimum atomic E-state index is -3.63. The molecule has 0 N–H and O–H groups in total. The molecule has 2 aromatic carbocycles. The Hall–Kier alpha value is -3.13. The van der Waals surface area contributed by atoms with Crippen LogP contribution in [-0.2, 0) is 16.6 Å². The molecule has 0 amide bonds. The number of ether oxygens (including phenoxy) is 2. The summed E-state index contributed by atoms with van der Waals surface area (Å²) < 4.78 is 37.5. The van der Waals surface area contributed by atoms with E-state index in [0.717, 1.165) is 5.56 Å². The van der Waals surface area contributed by atoms with E-state index in [1.54, 1.807) is 55.6 Å². The second kappa shape index (κ2) is 6.30. The van der Waals surface area contributed by atoms with Gasteiger partial charge in [-0.25, -0.2) is 17.7 Å². The second-order valence-electron chi connectivity index (χ2n) is 5.60. The van der Waals surface area contributed by atoms with Gasteiger partial charge in [0.25, 0.3) is 10.0 Å². The van der Waals surface area contributed by atoms with E-state index in [1.807, 2.05) is 6.07 Å². The van der Waals surface area contributed by atoms with Crippen LogP contribution in [0.2, 0.25) is 0 Å². The summed E-state index contributed by atoms with van der Waals surface area (Å²) in [4.78, 5) is 8.62. The molecular weight excluding hydrogens is 354 g/mol. The van der Waals surface area contributed by atoms with Crippen molar-refractivity contribution in [2.45, 2.75) is 11.4 Å². The SMILES string of the molecule is COc1cccc(Oc2nccc(N3Cc4ccccc4S3(=O)=O)n2)c1. The van der Waals surface area contributed by atoms with Gasteiger partial charge < -0.3 is 9.47 Å². The van der Waals surface area contributed by atoms with Gasteiger partial charge >= 0.3 is 6.01 Å². The van der Waals surface area contributed by atoms with E-state index in [1.165, 1.54) is 10.5 Å². The summed E-state index contributed by atoms with van der Waals surface area (Å²) in [6.07, 6.45) is 1.47. The molecule has 0 spiro atoms. The van der Waals surface area contributed by atoms with Crippen LogP contribution in [0.15, 0.2) is 65.7 Å². The summed E-state index contributed by atoms with van der Waals surface area (Å²) in [5, 5.41) is 0. The van der Waals surface area contributed by atoms with Crippen LogP contribution in [0.25, 0.3) is 0 Å². The van der Waals surface area contributed by atoms with Crippen LogP contribution >= 0.6 is 0 Å². The summed E-state index contributed by atoms with van der Waals surface area (Å²) in [6, 6.07) is 15.5. The Balaban J connectivity index is 1.65. The van der Waals surface area contributed by atoms with E-state index in [2.05, 4.69) is 9.97 Å². The second-order valence-corrected chi connectivity index (χ2v) is 7.43. The summed E-state index contributed by atoms with van der Waals surface area (Å²) in [7, 11) is -2.07. The van der Waals surface area contributed by atoms with Gasteiger partial charge in [0.2, 0.25) is 0 Å². The summed E-state index contributed by atoms with van der Waals surface area (Å²) in [5.41, 5.74) is 0.737. The monoisotopic (exact) mass is 369 g/mol. The molecule has 2 heterocycles. The largest absolute Gasteiger partial charge is 0.497 e. The van der Waals surface area contributed by atoms with Crippen LogP contribution in [0.3, 0.4) is 0 Å². The topological polar surface area (TPSA) is 81.6 Å². The highest BCUT2D eigenvalue weighted by Crippen LogP contribution is 2.34. The molecule has 1 aliphatic heterocycles. The first-order valence-corrected chi connectivity index (χ1v) is 9.27. The van der Waals surface area contributed by atoms with Crippen LogP contribution in [0.4, 0.5) is 5.82 Å². The maximum absolute atomic E-state index is 12.7. The predicted molar refractivity (Wildman–Crippen MR) is 94.9 cm³/mol. The van der Waals surface area contributed by atoms with Gasteiger partial charge in [-0.3, -0.25) is 0 Å². The zero-order valence-corrected chi connectivity index (χ0v) is 14.7. The molecule has 26 heavy (non-hydrogen) atoms. The number of nitrogens with zero attached hydrogens (tertiary/aromatic N) is 3. The predicted octanol–water partition coefficient (Wildman–Crippen LogP) is 2.99. The van der Waals surface area contributed by atoms with Gasteiger partial charge in [-0.05, 0) is 23.8 Å². The lowest BCUT2D eigenvalue weighted by molar-refractivity contribution is 0.404. The Morgan fingerprint density at radius 2 is 1.85 bits per heavy atom. The molecule has 0 bridgehead atoms. The highest BCUT2D eigenvalue weighted by molar-refractivity contribution is 7.93. The first kappa shape index (κ1) is 16.3. The van der Waals surface area contributed by atoms with E-state index in [-0.39, 0.29) is 18.4 Å². The van der Waals surface area contributed by atoms with Crippen LogP contribution in [0.5, 0.6) is 17.5 Å². The molecule has 4 rings (SSSR count). The fourth-order valence-corrected chi connectivity index (χ4v) is 4.35.